The molecule has 4 aromatic rings. The summed E-state index contributed by atoms with van der Waals surface area (Å²) in [4.78, 5) is 27.9. The Labute approximate surface area is 231 Å². The second-order valence-corrected chi connectivity index (χ2v) is 9.80. The zero-order valence-electron chi connectivity index (χ0n) is 20.8. The smallest absolute Gasteiger partial charge is 0.272 e. The van der Waals surface area contributed by atoms with E-state index in [9.17, 15) is 9.18 Å². The molecule has 0 bridgehead atoms. The third-order valence-electron chi connectivity index (χ3n) is 6.05. The minimum atomic E-state index is -0.843. The number of aromatic nitrogens is 4. The second kappa shape index (κ2) is 12.1. The molecule has 1 aliphatic rings. The summed E-state index contributed by atoms with van der Waals surface area (Å²) in [6.07, 6.45) is 5.63. The normalized spacial score (nSPS) is 13.9. The summed E-state index contributed by atoms with van der Waals surface area (Å²) in [6, 6.07) is 4.03. The molecule has 1 amide bonds. The van der Waals surface area contributed by atoms with Gasteiger partial charge in [-0.2, -0.15) is 0 Å². The molecule has 10 nitrogen and oxygen atoms in total. The van der Waals surface area contributed by atoms with E-state index in [-0.39, 0.29) is 28.5 Å². The van der Waals surface area contributed by atoms with E-state index in [1.165, 1.54) is 42.5 Å². The van der Waals surface area contributed by atoms with Crippen LogP contribution in [0.25, 0.3) is 16.8 Å². The van der Waals surface area contributed by atoms with Crippen LogP contribution in [-0.2, 0) is 4.74 Å². The average molecular weight is 576 g/mol. The number of hydrogen-bond acceptors (Lipinski definition) is 9. The zero-order chi connectivity index (χ0) is 27.4. The second-order valence-electron chi connectivity index (χ2n) is 8.52. The fourth-order valence-electron chi connectivity index (χ4n) is 4.05. The maximum absolute atomic E-state index is 15.5. The molecule has 204 valence electrons. The first-order chi connectivity index (χ1) is 18.9. The van der Waals surface area contributed by atoms with Crippen LogP contribution in [0.2, 0.25) is 5.02 Å². The fraction of sp³-hybridized carbons (Fsp3) is 0.280. The van der Waals surface area contributed by atoms with Gasteiger partial charge in [-0.1, -0.05) is 11.6 Å². The largest absolute Gasteiger partial charge is 0.480 e. The number of nitrogens with zero attached hydrogens (tertiary/aromatic N) is 5. The van der Waals surface area contributed by atoms with Crippen molar-refractivity contribution in [3.05, 3.63) is 65.5 Å². The lowest BCUT2D eigenvalue weighted by atomic mass is 10.1. The molecular formula is C25H24ClF2N7O3S. The van der Waals surface area contributed by atoms with E-state index in [0.717, 1.165) is 31.1 Å². The molecule has 39 heavy (non-hydrogen) atoms. The molecular weight excluding hydrogens is 552 g/mol. The molecule has 2 N–H and O–H groups in total. The molecule has 14 heteroatoms. The Kier molecular flexibility index (Phi) is 8.41. The number of rotatable bonds is 9. The van der Waals surface area contributed by atoms with Crippen molar-refractivity contribution >= 4 is 40.7 Å². The number of nitrogens with one attached hydrogen (secondary N) is 2. The Bertz CT molecular complexity index is 1500. The van der Waals surface area contributed by atoms with Crippen LogP contribution in [0.4, 0.5) is 14.5 Å². The minimum absolute atomic E-state index is 0.0197. The number of fused-ring (bicyclic) bond motifs is 1. The standard InChI is InChI=1S/C25H24ClF2N7O3S/c1-37-25-20(10-15(26)11-31-25)39-33-17-3-2-16(27)21(22(17)28)18-13-35-14-32-23(19(35)12-30-18)24(36)29-4-5-34-6-8-38-9-7-34/h2-3,10-14,33H,4-9H2,1H3,(H,29,36). The van der Waals surface area contributed by atoms with Crippen molar-refractivity contribution < 1.29 is 23.0 Å². The number of methoxy groups -OCH3 is 1. The van der Waals surface area contributed by atoms with E-state index in [4.69, 9.17) is 21.1 Å². The first kappa shape index (κ1) is 27.1. The number of hydrogen-bond donors (Lipinski definition) is 2. The van der Waals surface area contributed by atoms with Crippen LogP contribution in [0.1, 0.15) is 10.5 Å². The number of imidazole rings is 1. The van der Waals surface area contributed by atoms with Gasteiger partial charge in [0, 0.05) is 38.6 Å². The molecule has 0 radical (unpaired) electrons. The first-order valence-electron chi connectivity index (χ1n) is 12.0. The Hall–Kier alpha value is -3.52. The van der Waals surface area contributed by atoms with Crippen molar-refractivity contribution in [1.82, 2.24) is 29.6 Å². The molecule has 0 saturated carbocycles. The lowest BCUT2D eigenvalue weighted by Gasteiger charge is -2.26. The van der Waals surface area contributed by atoms with E-state index in [0.29, 0.717) is 47.6 Å². The van der Waals surface area contributed by atoms with E-state index < -0.39 is 11.6 Å². The number of amides is 1. The van der Waals surface area contributed by atoms with Crippen molar-refractivity contribution in [3.63, 3.8) is 0 Å². The highest BCUT2D eigenvalue weighted by Gasteiger charge is 2.20. The quantitative estimate of drug-likeness (QED) is 0.287. The summed E-state index contributed by atoms with van der Waals surface area (Å²) in [6.45, 7) is 4.16. The molecule has 5 rings (SSSR count). The molecule has 0 spiro atoms. The van der Waals surface area contributed by atoms with E-state index in [1.54, 1.807) is 6.07 Å². The topological polar surface area (TPSA) is 106 Å². The van der Waals surface area contributed by atoms with Gasteiger partial charge in [0.1, 0.15) is 12.1 Å². The minimum Gasteiger partial charge on any atom is -0.480 e. The number of benzene rings is 1. The maximum Gasteiger partial charge on any atom is 0.272 e. The number of carbonyl (C=O) groups is 1. The highest BCUT2D eigenvalue weighted by molar-refractivity contribution is 8.00. The summed E-state index contributed by atoms with van der Waals surface area (Å²) < 4.78 is 45.2. The van der Waals surface area contributed by atoms with Crippen LogP contribution < -0.4 is 14.8 Å². The monoisotopic (exact) mass is 575 g/mol. The van der Waals surface area contributed by atoms with Crippen molar-refractivity contribution in [2.45, 2.75) is 4.90 Å². The molecule has 3 aromatic heterocycles. The lowest BCUT2D eigenvalue weighted by molar-refractivity contribution is 0.0383. The van der Waals surface area contributed by atoms with Gasteiger partial charge in [-0.05, 0) is 30.1 Å². The van der Waals surface area contributed by atoms with Gasteiger partial charge in [0.2, 0.25) is 5.88 Å². The molecule has 0 aliphatic carbocycles. The van der Waals surface area contributed by atoms with Crippen LogP contribution in [-0.4, -0.2) is 76.7 Å². The summed E-state index contributed by atoms with van der Waals surface area (Å²) in [5, 5.41) is 3.24. The Morgan fingerprint density at radius 3 is 2.82 bits per heavy atom. The van der Waals surface area contributed by atoms with Crippen LogP contribution in [0.3, 0.4) is 0 Å². The third kappa shape index (κ3) is 6.06. The van der Waals surface area contributed by atoms with E-state index >= 15 is 4.39 Å². The predicted molar refractivity (Wildman–Crippen MR) is 143 cm³/mol. The zero-order valence-corrected chi connectivity index (χ0v) is 22.4. The SMILES string of the molecule is COc1ncc(Cl)cc1SNc1ccc(F)c(-c2cn3cnc(C(=O)NCCN4CCOCC4)c3cn2)c1F. The molecule has 1 aromatic carbocycles. The number of carbonyl (C=O) groups excluding carboxylic acids is 1. The van der Waals surface area contributed by atoms with Gasteiger partial charge in [-0.25, -0.2) is 18.7 Å². The number of anilines is 1. The van der Waals surface area contributed by atoms with Gasteiger partial charge in [-0.15, -0.1) is 0 Å². The van der Waals surface area contributed by atoms with Crippen LogP contribution >= 0.6 is 23.5 Å². The Morgan fingerprint density at radius 2 is 2.03 bits per heavy atom. The summed E-state index contributed by atoms with van der Waals surface area (Å²) in [5.74, 6) is -1.69. The number of morpholine rings is 1. The summed E-state index contributed by atoms with van der Waals surface area (Å²) in [7, 11) is 1.45. The number of halogens is 3. The Morgan fingerprint density at radius 1 is 1.21 bits per heavy atom. The van der Waals surface area contributed by atoms with Gasteiger partial charge < -0.3 is 23.9 Å². The first-order valence-corrected chi connectivity index (χ1v) is 13.2. The third-order valence-corrected chi connectivity index (χ3v) is 7.09. The van der Waals surface area contributed by atoms with Crippen molar-refractivity contribution in [2.75, 3.05) is 51.2 Å². The predicted octanol–water partition coefficient (Wildman–Crippen LogP) is 3.91. The van der Waals surface area contributed by atoms with Crippen LogP contribution in [0.15, 0.2) is 48.0 Å². The maximum atomic E-state index is 15.5. The highest BCUT2D eigenvalue weighted by atomic mass is 35.5. The van der Waals surface area contributed by atoms with E-state index in [2.05, 4.69) is 29.9 Å². The molecule has 1 fully saturated rings. The summed E-state index contributed by atoms with van der Waals surface area (Å²) in [5.41, 5.74) is 0.307. The molecule has 0 unspecified atom stereocenters. The van der Waals surface area contributed by atoms with Gasteiger partial charge in [0.25, 0.3) is 5.91 Å². The fourth-order valence-corrected chi connectivity index (χ4v) is 5.06. The molecule has 0 atom stereocenters. The van der Waals surface area contributed by atoms with Crippen LogP contribution in [0.5, 0.6) is 5.88 Å². The Balaban J connectivity index is 1.32. The van der Waals surface area contributed by atoms with Gasteiger partial charge in [-0.3, -0.25) is 14.7 Å². The molecule has 1 saturated heterocycles. The highest BCUT2D eigenvalue weighted by Crippen LogP contribution is 2.34. The number of pyridine rings is 1. The van der Waals surface area contributed by atoms with Crippen molar-refractivity contribution in [2.24, 2.45) is 0 Å². The average Bonchev–Trinajstić information content (AvgIpc) is 3.37. The molecule has 4 heterocycles. The van der Waals surface area contributed by atoms with Gasteiger partial charge in [0.15, 0.2) is 11.5 Å². The number of ether oxygens (including phenoxy) is 2. The van der Waals surface area contributed by atoms with Gasteiger partial charge in [0.05, 0.1) is 58.9 Å². The van der Waals surface area contributed by atoms with Crippen molar-refractivity contribution in [3.8, 4) is 17.1 Å². The van der Waals surface area contributed by atoms with Crippen molar-refractivity contribution in [1.29, 1.82) is 0 Å². The van der Waals surface area contributed by atoms with Gasteiger partial charge >= 0.3 is 0 Å². The van der Waals surface area contributed by atoms with Crippen LogP contribution in [0, 0.1) is 11.6 Å². The summed E-state index contributed by atoms with van der Waals surface area (Å²) >= 11 is 7.02. The van der Waals surface area contributed by atoms with E-state index in [1.807, 2.05) is 0 Å². The lowest BCUT2D eigenvalue weighted by Crippen LogP contribution is -2.41. The molecule has 1 aliphatic heterocycles.